The summed E-state index contributed by atoms with van der Waals surface area (Å²) in [6.07, 6.45) is 0. The topological polar surface area (TPSA) is 49.9 Å². The molecule has 0 bridgehead atoms. The maximum absolute atomic E-state index is 7.71. The molecule has 0 atom stereocenters. The van der Waals surface area contributed by atoms with E-state index in [4.69, 9.17) is 11.1 Å². The fourth-order valence-electron chi connectivity index (χ4n) is 2.41. The molecule has 0 spiro atoms. The second-order valence-electron chi connectivity index (χ2n) is 4.49. The molecule has 0 heterocycles. The Morgan fingerprint density at radius 2 is 1.37 bits per heavy atom. The zero-order valence-electron chi connectivity index (χ0n) is 10.4. The summed E-state index contributed by atoms with van der Waals surface area (Å²) in [6, 6.07) is 22.2. The first-order chi connectivity index (χ1) is 9.27. The number of amidine groups is 1. The Balaban J connectivity index is 2.34. The summed E-state index contributed by atoms with van der Waals surface area (Å²) in [6.45, 7) is 0. The highest BCUT2D eigenvalue weighted by molar-refractivity contribution is 6.06. The van der Waals surface area contributed by atoms with Gasteiger partial charge < -0.3 is 5.73 Å². The third kappa shape index (κ3) is 1.97. The number of hydrogen-bond acceptors (Lipinski definition) is 1. The van der Waals surface area contributed by atoms with Gasteiger partial charge in [0, 0.05) is 5.56 Å². The van der Waals surface area contributed by atoms with E-state index in [0.29, 0.717) is 0 Å². The van der Waals surface area contributed by atoms with Gasteiger partial charge in [-0.3, -0.25) is 5.41 Å². The van der Waals surface area contributed by atoms with Gasteiger partial charge in [0.1, 0.15) is 5.84 Å². The van der Waals surface area contributed by atoms with Crippen molar-refractivity contribution in [3.8, 4) is 11.1 Å². The van der Waals surface area contributed by atoms with Crippen LogP contribution in [0.15, 0.2) is 66.7 Å². The van der Waals surface area contributed by atoms with Gasteiger partial charge in [0.2, 0.25) is 0 Å². The molecule has 0 saturated carbocycles. The highest BCUT2D eigenvalue weighted by Crippen LogP contribution is 2.30. The number of nitrogens with two attached hydrogens (primary N) is 1. The predicted molar refractivity (Wildman–Crippen MR) is 80.4 cm³/mol. The number of nitrogen functional groups attached to an aromatic ring is 1. The third-order valence-corrected chi connectivity index (χ3v) is 3.30. The summed E-state index contributed by atoms with van der Waals surface area (Å²) in [4.78, 5) is 0. The van der Waals surface area contributed by atoms with E-state index in [-0.39, 0.29) is 5.84 Å². The van der Waals surface area contributed by atoms with Crippen LogP contribution in [0.5, 0.6) is 0 Å². The van der Waals surface area contributed by atoms with Gasteiger partial charge in [-0.05, 0) is 21.9 Å². The van der Waals surface area contributed by atoms with E-state index in [9.17, 15) is 0 Å². The van der Waals surface area contributed by atoms with Crippen molar-refractivity contribution in [2.45, 2.75) is 0 Å². The van der Waals surface area contributed by atoms with Crippen LogP contribution >= 0.6 is 0 Å². The number of fused-ring (bicyclic) bond motifs is 1. The Hall–Kier alpha value is -2.61. The first kappa shape index (κ1) is 11.5. The van der Waals surface area contributed by atoms with Crippen LogP contribution in [-0.2, 0) is 0 Å². The SMILES string of the molecule is N=C(N)c1ccccc1-c1cccc2ccccc12. The minimum Gasteiger partial charge on any atom is -0.384 e. The van der Waals surface area contributed by atoms with Crippen LogP contribution in [0, 0.1) is 5.41 Å². The van der Waals surface area contributed by atoms with Crippen LogP contribution in [0.25, 0.3) is 21.9 Å². The molecule has 0 aromatic heterocycles. The molecule has 19 heavy (non-hydrogen) atoms. The van der Waals surface area contributed by atoms with Gasteiger partial charge in [-0.2, -0.15) is 0 Å². The van der Waals surface area contributed by atoms with Crippen LogP contribution in [0.1, 0.15) is 5.56 Å². The van der Waals surface area contributed by atoms with Crippen molar-refractivity contribution in [2.75, 3.05) is 0 Å². The Kier molecular flexibility index (Phi) is 2.76. The molecule has 0 radical (unpaired) electrons. The van der Waals surface area contributed by atoms with Gasteiger partial charge in [0.25, 0.3) is 0 Å². The quantitative estimate of drug-likeness (QED) is 0.524. The Labute approximate surface area is 112 Å². The van der Waals surface area contributed by atoms with Gasteiger partial charge in [-0.25, -0.2) is 0 Å². The van der Waals surface area contributed by atoms with Crippen LogP contribution in [0.2, 0.25) is 0 Å². The second kappa shape index (κ2) is 4.58. The van der Waals surface area contributed by atoms with Gasteiger partial charge in [0.05, 0.1) is 0 Å². The average Bonchev–Trinajstić information content (AvgIpc) is 2.46. The molecule has 2 nitrogen and oxygen atoms in total. The molecule has 3 rings (SSSR count). The first-order valence-corrected chi connectivity index (χ1v) is 6.19. The second-order valence-corrected chi connectivity index (χ2v) is 4.49. The summed E-state index contributed by atoms with van der Waals surface area (Å²) in [7, 11) is 0. The average molecular weight is 246 g/mol. The van der Waals surface area contributed by atoms with Crippen LogP contribution in [0.4, 0.5) is 0 Å². The Bertz CT molecular complexity index is 755. The lowest BCUT2D eigenvalue weighted by Crippen LogP contribution is -2.12. The van der Waals surface area contributed by atoms with Crippen molar-refractivity contribution in [3.63, 3.8) is 0 Å². The summed E-state index contributed by atoms with van der Waals surface area (Å²) >= 11 is 0. The molecule has 92 valence electrons. The standard InChI is InChI=1S/C17H14N2/c18-17(19)16-10-4-3-9-15(16)14-11-5-7-12-6-1-2-8-13(12)14/h1-11H,(H3,18,19). The lowest BCUT2D eigenvalue weighted by atomic mass is 9.94. The molecule has 0 aliphatic carbocycles. The van der Waals surface area contributed by atoms with Crippen LogP contribution < -0.4 is 5.73 Å². The van der Waals surface area contributed by atoms with E-state index >= 15 is 0 Å². The number of nitrogens with one attached hydrogen (secondary N) is 1. The smallest absolute Gasteiger partial charge is 0.123 e. The fourth-order valence-corrected chi connectivity index (χ4v) is 2.41. The van der Waals surface area contributed by atoms with Gasteiger partial charge in [0.15, 0.2) is 0 Å². The fraction of sp³-hybridized carbons (Fsp3) is 0. The zero-order chi connectivity index (χ0) is 13.2. The minimum absolute atomic E-state index is 0.100. The lowest BCUT2D eigenvalue weighted by Gasteiger charge is -2.11. The molecule has 3 aromatic carbocycles. The molecule has 0 aliphatic heterocycles. The highest BCUT2D eigenvalue weighted by atomic mass is 14.7. The molecule has 3 N–H and O–H groups in total. The maximum Gasteiger partial charge on any atom is 0.123 e. The van der Waals surface area contributed by atoms with Crippen LogP contribution in [-0.4, -0.2) is 5.84 Å². The van der Waals surface area contributed by atoms with Crippen molar-refractivity contribution in [1.29, 1.82) is 5.41 Å². The van der Waals surface area contributed by atoms with E-state index < -0.39 is 0 Å². The van der Waals surface area contributed by atoms with Crippen molar-refractivity contribution in [2.24, 2.45) is 5.73 Å². The number of rotatable bonds is 2. The molecule has 2 heteroatoms. The summed E-state index contributed by atoms with van der Waals surface area (Å²) < 4.78 is 0. The molecular formula is C17H14N2. The summed E-state index contributed by atoms with van der Waals surface area (Å²) in [5.41, 5.74) is 8.58. The Morgan fingerprint density at radius 3 is 2.21 bits per heavy atom. The molecule has 0 saturated heterocycles. The van der Waals surface area contributed by atoms with Crippen LogP contribution in [0.3, 0.4) is 0 Å². The molecule has 0 amide bonds. The van der Waals surface area contributed by atoms with E-state index in [0.717, 1.165) is 16.7 Å². The van der Waals surface area contributed by atoms with Gasteiger partial charge >= 0.3 is 0 Å². The number of hydrogen-bond donors (Lipinski definition) is 2. The molecule has 0 unspecified atom stereocenters. The monoisotopic (exact) mass is 246 g/mol. The molecule has 0 aliphatic rings. The summed E-state index contributed by atoms with van der Waals surface area (Å²) in [5, 5.41) is 10.1. The summed E-state index contributed by atoms with van der Waals surface area (Å²) in [5.74, 6) is 0.100. The molecular weight excluding hydrogens is 232 g/mol. The molecule has 0 fully saturated rings. The lowest BCUT2D eigenvalue weighted by molar-refractivity contribution is 1.42. The zero-order valence-corrected chi connectivity index (χ0v) is 10.4. The van der Waals surface area contributed by atoms with Crippen molar-refractivity contribution in [3.05, 3.63) is 72.3 Å². The van der Waals surface area contributed by atoms with Gasteiger partial charge in [-0.15, -0.1) is 0 Å². The van der Waals surface area contributed by atoms with E-state index in [1.807, 2.05) is 42.5 Å². The van der Waals surface area contributed by atoms with E-state index in [1.54, 1.807) is 0 Å². The Morgan fingerprint density at radius 1 is 0.737 bits per heavy atom. The van der Waals surface area contributed by atoms with Crippen molar-refractivity contribution < 1.29 is 0 Å². The predicted octanol–water partition coefficient (Wildman–Crippen LogP) is 3.79. The maximum atomic E-state index is 7.71. The number of benzene rings is 3. The molecule has 3 aromatic rings. The first-order valence-electron chi connectivity index (χ1n) is 6.19. The minimum atomic E-state index is 0.100. The van der Waals surface area contributed by atoms with E-state index in [2.05, 4.69) is 24.3 Å². The van der Waals surface area contributed by atoms with Crippen molar-refractivity contribution >= 4 is 16.6 Å². The normalized spacial score (nSPS) is 10.5. The van der Waals surface area contributed by atoms with E-state index in [1.165, 1.54) is 10.8 Å². The van der Waals surface area contributed by atoms with Crippen molar-refractivity contribution in [1.82, 2.24) is 0 Å². The van der Waals surface area contributed by atoms with Gasteiger partial charge in [-0.1, -0.05) is 66.7 Å². The third-order valence-electron chi connectivity index (χ3n) is 3.30. The largest absolute Gasteiger partial charge is 0.384 e. The highest BCUT2D eigenvalue weighted by Gasteiger charge is 2.09.